The lowest BCUT2D eigenvalue weighted by Crippen LogP contribution is -2.42. The van der Waals surface area contributed by atoms with Crippen molar-refractivity contribution < 1.29 is 24.4 Å². The zero-order valence-corrected chi connectivity index (χ0v) is 12.0. The SMILES string of the molecule is COC1CCCN(C(=O)c2cc(C(=O)O)cc([N+](=O)[O-])c2)C1. The fourth-order valence-corrected chi connectivity index (χ4v) is 2.46. The zero-order valence-electron chi connectivity index (χ0n) is 12.0. The Labute approximate surface area is 126 Å². The molecule has 0 aliphatic carbocycles. The lowest BCUT2D eigenvalue weighted by molar-refractivity contribution is -0.384. The van der Waals surface area contributed by atoms with E-state index in [0.29, 0.717) is 13.1 Å². The number of amides is 1. The summed E-state index contributed by atoms with van der Waals surface area (Å²) >= 11 is 0. The van der Waals surface area contributed by atoms with Crippen molar-refractivity contribution in [1.82, 2.24) is 4.90 Å². The summed E-state index contributed by atoms with van der Waals surface area (Å²) in [5, 5.41) is 19.9. The average Bonchev–Trinajstić information content (AvgIpc) is 2.53. The fourth-order valence-electron chi connectivity index (χ4n) is 2.46. The molecule has 1 aliphatic heterocycles. The average molecular weight is 308 g/mol. The first-order valence-electron chi connectivity index (χ1n) is 6.77. The predicted octanol–water partition coefficient (Wildman–Crippen LogP) is 1.54. The van der Waals surface area contributed by atoms with Crippen LogP contribution >= 0.6 is 0 Å². The molecule has 1 aromatic rings. The first-order valence-corrected chi connectivity index (χ1v) is 6.77. The smallest absolute Gasteiger partial charge is 0.335 e. The van der Waals surface area contributed by atoms with Crippen molar-refractivity contribution in [3.63, 3.8) is 0 Å². The van der Waals surface area contributed by atoms with E-state index in [4.69, 9.17) is 9.84 Å². The summed E-state index contributed by atoms with van der Waals surface area (Å²) in [6.45, 7) is 0.907. The van der Waals surface area contributed by atoms with Crippen molar-refractivity contribution in [2.24, 2.45) is 0 Å². The van der Waals surface area contributed by atoms with E-state index in [2.05, 4.69) is 0 Å². The first-order chi connectivity index (χ1) is 10.4. The molecule has 0 radical (unpaired) electrons. The molecule has 118 valence electrons. The van der Waals surface area contributed by atoms with Gasteiger partial charge in [0.1, 0.15) is 0 Å². The maximum atomic E-state index is 12.5. The summed E-state index contributed by atoms with van der Waals surface area (Å²) in [4.78, 5) is 35.2. The summed E-state index contributed by atoms with van der Waals surface area (Å²) in [7, 11) is 1.56. The van der Waals surface area contributed by atoms with E-state index in [1.165, 1.54) is 4.90 Å². The van der Waals surface area contributed by atoms with Gasteiger partial charge in [-0.2, -0.15) is 0 Å². The third kappa shape index (κ3) is 3.40. The van der Waals surface area contributed by atoms with Gasteiger partial charge in [0.15, 0.2) is 0 Å². The van der Waals surface area contributed by atoms with Crippen molar-refractivity contribution >= 4 is 17.6 Å². The second-order valence-corrected chi connectivity index (χ2v) is 5.08. The number of carbonyl (C=O) groups is 2. The maximum absolute atomic E-state index is 12.5. The van der Waals surface area contributed by atoms with Gasteiger partial charge in [-0.15, -0.1) is 0 Å². The number of aromatic carboxylic acids is 1. The number of hydrogen-bond donors (Lipinski definition) is 1. The molecule has 8 nitrogen and oxygen atoms in total. The van der Waals surface area contributed by atoms with E-state index < -0.39 is 22.5 Å². The van der Waals surface area contributed by atoms with Gasteiger partial charge in [0.25, 0.3) is 11.6 Å². The van der Waals surface area contributed by atoms with Gasteiger partial charge in [0.2, 0.25) is 0 Å². The Kier molecular flexibility index (Phi) is 4.71. The molecule has 1 N–H and O–H groups in total. The van der Waals surface area contributed by atoms with Crippen LogP contribution < -0.4 is 0 Å². The Balaban J connectivity index is 2.32. The highest BCUT2D eigenvalue weighted by atomic mass is 16.6. The number of benzene rings is 1. The number of non-ortho nitro benzene ring substituents is 1. The highest BCUT2D eigenvalue weighted by Gasteiger charge is 2.26. The van der Waals surface area contributed by atoms with Gasteiger partial charge in [-0.25, -0.2) is 4.79 Å². The molecule has 0 saturated carbocycles. The van der Waals surface area contributed by atoms with E-state index in [-0.39, 0.29) is 17.2 Å². The number of piperidine rings is 1. The Morgan fingerprint density at radius 2 is 2.05 bits per heavy atom. The maximum Gasteiger partial charge on any atom is 0.335 e. The summed E-state index contributed by atoms with van der Waals surface area (Å²) in [5.41, 5.74) is -0.690. The van der Waals surface area contributed by atoms with E-state index in [1.54, 1.807) is 7.11 Å². The zero-order chi connectivity index (χ0) is 16.3. The van der Waals surface area contributed by atoms with Gasteiger partial charge in [-0.1, -0.05) is 0 Å². The number of carboxylic acids is 1. The molecule has 0 bridgehead atoms. The molecule has 8 heteroatoms. The lowest BCUT2D eigenvalue weighted by atomic mass is 10.0. The Hall–Kier alpha value is -2.48. The molecule has 1 saturated heterocycles. The van der Waals surface area contributed by atoms with E-state index in [1.807, 2.05) is 0 Å². The van der Waals surface area contributed by atoms with Crippen LogP contribution in [0.4, 0.5) is 5.69 Å². The molecule has 1 atom stereocenters. The van der Waals surface area contributed by atoms with E-state index in [0.717, 1.165) is 31.0 Å². The van der Waals surface area contributed by atoms with Gasteiger partial charge in [-0.05, 0) is 18.9 Å². The van der Waals surface area contributed by atoms with Crippen molar-refractivity contribution in [3.8, 4) is 0 Å². The van der Waals surface area contributed by atoms with Gasteiger partial charge < -0.3 is 14.7 Å². The van der Waals surface area contributed by atoms with Crippen molar-refractivity contribution in [3.05, 3.63) is 39.4 Å². The standard InChI is InChI=1S/C14H16N2O6/c1-22-12-3-2-4-15(8-12)13(17)9-5-10(14(18)19)7-11(6-9)16(20)21/h5-7,12H,2-4,8H2,1H3,(H,18,19). The van der Waals surface area contributed by atoms with Crippen LogP contribution in [0.2, 0.25) is 0 Å². The fraction of sp³-hybridized carbons (Fsp3) is 0.429. The molecule has 1 aliphatic rings. The highest BCUT2D eigenvalue weighted by molar-refractivity contribution is 5.98. The number of carboxylic acid groups (broad SMARTS) is 1. The summed E-state index contributed by atoms with van der Waals surface area (Å²) in [6, 6.07) is 3.20. The molecule has 1 unspecified atom stereocenters. The minimum atomic E-state index is -1.31. The minimum Gasteiger partial charge on any atom is -0.478 e. The van der Waals surface area contributed by atoms with Crippen molar-refractivity contribution in [2.45, 2.75) is 18.9 Å². The minimum absolute atomic E-state index is 0.00310. The van der Waals surface area contributed by atoms with Crippen molar-refractivity contribution in [2.75, 3.05) is 20.2 Å². The number of nitro groups is 1. The van der Waals surface area contributed by atoms with Crippen molar-refractivity contribution in [1.29, 1.82) is 0 Å². The summed E-state index contributed by atoms with van der Waals surface area (Å²) in [6.07, 6.45) is 1.54. The molecule has 1 heterocycles. The van der Waals surface area contributed by atoms with Crippen LogP contribution in [0.25, 0.3) is 0 Å². The highest BCUT2D eigenvalue weighted by Crippen LogP contribution is 2.21. The van der Waals surface area contributed by atoms with Crippen LogP contribution in [0.15, 0.2) is 18.2 Å². The monoisotopic (exact) mass is 308 g/mol. The molecule has 1 aromatic carbocycles. The number of likely N-dealkylation sites (tertiary alicyclic amines) is 1. The molecular weight excluding hydrogens is 292 g/mol. The quantitative estimate of drug-likeness (QED) is 0.667. The van der Waals surface area contributed by atoms with Crippen LogP contribution in [0.1, 0.15) is 33.6 Å². The van der Waals surface area contributed by atoms with Gasteiger partial charge in [0.05, 0.1) is 16.6 Å². The van der Waals surface area contributed by atoms with E-state index in [9.17, 15) is 19.7 Å². The number of nitrogens with zero attached hydrogens (tertiary/aromatic N) is 2. The van der Waals surface area contributed by atoms with Gasteiger partial charge >= 0.3 is 5.97 Å². The molecule has 22 heavy (non-hydrogen) atoms. The lowest BCUT2D eigenvalue weighted by Gasteiger charge is -2.32. The number of methoxy groups -OCH3 is 1. The summed E-state index contributed by atoms with van der Waals surface area (Å²) < 4.78 is 5.24. The van der Waals surface area contributed by atoms with Crippen LogP contribution in [0, 0.1) is 10.1 Å². The van der Waals surface area contributed by atoms with Gasteiger partial charge in [-0.3, -0.25) is 14.9 Å². The molecule has 0 spiro atoms. The number of ether oxygens (including phenoxy) is 1. The molecule has 1 fully saturated rings. The van der Waals surface area contributed by atoms with E-state index >= 15 is 0 Å². The topological polar surface area (TPSA) is 110 Å². The Morgan fingerprint density at radius 3 is 2.64 bits per heavy atom. The number of hydrogen-bond acceptors (Lipinski definition) is 5. The number of rotatable bonds is 4. The first kappa shape index (κ1) is 15.9. The predicted molar refractivity (Wildman–Crippen MR) is 76.0 cm³/mol. The number of nitro benzene ring substituents is 1. The molecule has 0 aromatic heterocycles. The number of carbonyl (C=O) groups excluding carboxylic acids is 1. The third-order valence-corrected chi connectivity index (χ3v) is 3.62. The molecular formula is C14H16N2O6. The Morgan fingerprint density at radius 1 is 1.36 bits per heavy atom. The van der Waals surface area contributed by atoms with Crippen LogP contribution in [0.3, 0.4) is 0 Å². The van der Waals surface area contributed by atoms with Crippen LogP contribution in [0.5, 0.6) is 0 Å². The Bertz CT molecular complexity index is 583. The second kappa shape index (κ2) is 6.52. The normalized spacial score (nSPS) is 18.0. The van der Waals surface area contributed by atoms with Gasteiger partial charge in [0, 0.05) is 37.9 Å². The molecule has 2 rings (SSSR count). The summed E-state index contributed by atoms with van der Waals surface area (Å²) in [5.74, 6) is -1.74. The largest absolute Gasteiger partial charge is 0.478 e. The third-order valence-electron chi connectivity index (χ3n) is 3.62. The van der Waals surface area contributed by atoms with Crippen LogP contribution in [-0.4, -0.2) is 53.1 Å². The molecule has 1 amide bonds. The second-order valence-electron chi connectivity index (χ2n) is 5.08. The van der Waals surface area contributed by atoms with Crippen LogP contribution in [-0.2, 0) is 4.74 Å².